The highest BCUT2D eigenvalue weighted by Gasteiger charge is 2.21. The maximum atomic E-state index is 12.7. The molecule has 0 bridgehead atoms. The lowest BCUT2D eigenvalue weighted by molar-refractivity contribution is -0.127. The van der Waals surface area contributed by atoms with Gasteiger partial charge in [0, 0.05) is 18.7 Å². The molecule has 3 amide bonds. The van der Waals surface area contributed by atoms with Crippen molar-refractivity contribution in [2.75, 3.05) is 11.9 Å². The molecule has 2 aromatic carbocycles. The molecule has 2 rings (SSSR count). The molecular weight excluding hydrogens is 496 g/mol. The standard InChI is InChI=1S/C27H38N4O4.ClH.H2O/c1-18(2)15-16-29-25(33)10-6-8-21-7-4-5-9-24(21)31-26(34)19(3)30-27(35)23(28)17-20-11-13-22(32)14-12-20;;/h4-5,7,9,11-14,18-19,23,32H,6,8,10,15-17,28H2,1-3H3,(H,29,33)(H,30,35)(H,31,34);1H;1H2/t19-,23-;;/m0../s1. The van der Waals surface area contributed by atoms with Crippen molar-refractivity contribution in [3.05, 3.63) is 59.7 Å². The molecule has 0 aliphatic heterocycles. The highest BCUT2D eigenvalue weighted by Crippen LogP contribution is 2.18. The normalized spacial score (nSPS) is 11.9. The first-order valence-corrected chi connectivity index (χ1v) is 12.1. The van der Waals surface area contributed by atoms with Crippen LogP contribution in [0.15, 0.2) is 48.5 Å². The van der Waals surface area contributed by atoms with Crippen molar-refractivity contribution in [3.63, 3.8) is 0 Å². The van der Waals surface area contributed by atoms with Crippen molar-refractivity contribution in [1.29, 1.82) is 0 Å². The summed E-state index contributed by atoms with van der Waals surface area (Å²) < 4.78 is 0. The van der Waals surface area contributed by atoms with E-state index in [-0.39, 0.29) is 41.9 Å². The summed E-state index contributed by atoms with van der Waals surface area (Å²) in [6, 6.07) is 12.3. The highest BCUT2D eigenvalue weighted by atomic mass is 35.5. The largest absolute Gasteiger partial charge is 0.508 e. The number of carbonyl (C=O) groups excluding carboxylic acids is 3. The van der Waals surface area contributed by atoms with Crippen LogP contribution in [-0.4, -0.2) is 46.9 Å². The Bertz CT molecular complexity index is 985. The van der Waals surface area contributed by atoms with Crippen LogP contribution in [0.4, 0.5) is 5.69 Å². The Balaban J connectivity index is 0.00000648. The molecule has 10 heteroatoms. The number of anilines is 1. The predicted octanol–water partition coefficient (Wildman–Crippen LogP) is 2.49. The Kier molecular flexibility index (Phi) is 15.9. The van der Waals surface area contributed by atoms with E-state index in [0.29, 0.717) is 37.4 Å². The van der Waals surface area contributed by atoms with Gasteiger partial charge in [-0.15, -0.1) is 12.4 Å². The molecular formula is C27H41ClN4O5. The summed E-state index contributed by atoms with van der Waals surface area (Å²) in [6.07, 6.45) is 2.97. The van der Waals surface area contributed by atoms with Crippen molar-refractivity contribution in [1.82, 2.24) is 10.6 Å². The van der Waals surface area contributed by atoms with Gasteiger partial charge in [-0.2, -0.15) is 0 Å². The third-order valence-electron chi connectivity index (χ3n) is 5.65. The van der Waals surface area contributed by atoms with Crippen molar-refractivity contribution < 1.29 is 25.0 Å². The molecule has 0 aliphatic rings. The molecule has 0 aliphatic carbocycles. The van der Waals surface area contributed by atoms with E-state index in [1.165, 1.54) is 12.1 Å². The summed E-state index contributed by atoms with van der Waals surface area (Å²) in [5, 5.41) is 17.8. The minimum Gasteiger partial charge on any atom is -0.508 e. The first-order valence-electron chi connectivity index (χ1n) is 12.1. The van der Waals surface area contributed by atoms with Gasteiger partial charge in [-0.1, -0.05) is 44.2 Å². The fourth-order valence-corrected chi connectivity index (χ4v) is 3.49. The van der Waals surface area contributed by atoms with Gasteiger partial charge < -0.3 is 32.3 Å². The second kappa shape index (κ2) is 17.3. The van der Waals surface area contributed by atoms with Crippen LogP contribution in [0.25, 0.3) is 0 Å². The number of amides is 3. The predicted molar refractivity (Wildman–Crippen MR) is 149 cm³/mol. The maximum Gasteiger partial charge on any atom is 0.246 e. The van der Waals surface area contributed by atoms with Crippen molar-refractivity contribution in [2.24, 2.45) is 11.7 Å². The number of phenolic OH excluding ortho intramolecular Hbond substituents is 1. The van der Waals surface area contributed by atoms with E-state index in [1.54, 1.807) is 25.1 Å². The number of nitrogens with two attached hydrogens (primary N) is 1. The number of hydrogen-bond acceptors (Lipinski definition) is 5. The van der Waals surface area contributed by atoms with E-state index >= 15 is 0 Å². The number of rotatable bonds is 13. The zero-order chi connectivity index (χ0) is 25.8. The second-order valence-corrected chi connectivity index (χ2v) is 9.24. The molecule has 0 heterocycles. The maximum absolute atomic E-state index is 12.7. The van der Waals surface area contributed by atoms with Crippen molar-refractivity contribution in [3.8, 4) is 5.75 Å². The van der Waals surface area contributed by atoms with Gasteiger partial charge in [-0.3, -0.25) is 14.4 Å². The molecule has 0 unspecified atom stereocenters. The molecule has 2 aromatic rings. The second-order valence-electron chi connectivity index (χ2n) is 9.24. The van der Waals surface area contributed by atoms with Crippen LogP contribution >= 0.6 is 12.4 Å². The molecule has 8 N–H and O–H groups in total. The minimum atomic E-state index is -0.825. The fourth-order valence-electron chi connectivity index (χ4n) is 3.49. The first-order chi connectivity index (χ1) is 16.7. The highest BCUT2D eigenvalue weighted by molar-refractivity contribution is 5.98. The molecule has 206 valence electrons. The lowest BCUT2D eigenvalue weighted by atomic mass is 10.0. The number of aromatic hydroxyl groups is 1. The van der Waals surface area contributed by atoms with E-state index in [4.69, 9.17) is 5.73 Å². The Morgan fingerprint density at radius 2 is 1.62 bits per heavy atom. The number of benzene rings is 2. The van der Waals surface area contributed by atoms with Gasteiger partial charge in [0.15, 0.2) is 0 Å². The lowest BCUT2D eigenvalue weighted by Crippen LogP contribution is -2.49. The number of carbonyl (C=O) groups is 3. The molecule has 9 nitrogen and oxygen atoms in total. The topological polar surface area (TPSA) is 165 Å². The third-order valence-corrected chi connectivity index (χ3v) is 5.65. The van der Waals surface area contributed by atoms with Crippen molar-refractivity contribution >= 4 is 35.8 Å². The van der Waals surface area contributed by atoms with E-state index in [2.05, 4.69) is 29.8 Å². The summed E-state index contributed by atoms with van der Waals surface area (Å²) in [5.74, 6) is -0.0612. The number of nitrogens with one attached hydrogen (secondary N) is 3. The van der Waals surface area contributed by atoms with E-state index in [9.17, 15) is 19.5 Å². The van der Waals surface area contributed by atoms with Crippen LogP contribution < -0.4 is 21.7 Å². The molecule has 2 atom stereocenters. The average molecular weight is 537 g/mol. The lowest BCUT2D eigenvalue weighted by Gasteiger charge is -2.18. The molecule has 0 radical (unpaired) electrons. The van der Waals surface area contributed by atoms with E-state index < -0.39 is 18.0 Å². The van der Waals surface area contributed by atoms with Crippen LogP contribution in [0.2, 0.25) is 0 Å². The van der Waals surface area contributed by atoms with Crippen molar-refractivity contribution in [2.45, 2.75) is 65.0 Å². The summed E-state index contributed by atoms with van der Waals surface area (Å²) in [6.45, 7) is 6.53. The zero-order valence-electron chi connectivity index (χ0n) is 21.8. The monoisotopic (exact) mass is 536 g/mol. The average Bonchev–Trinajstić information content (AvgIpc) is 2.81. The van der Waals surface area contributed by atoms with Crippen LogP contribution in [-0.2, 0) is 27.2 Å². The number of halogens is 1. The van der Waals surface area contributed by atoms with Crippen LogP contribution in [0.3, 0.4) is 0 Å². The molecule has 0 fully saturated rings. The Hall–Kier alpha value is -3.14. The van der Waals surface area contributed by atoms with Gasteiger partial charge >= 0.3 is 0 Å². The Morgan fingerprint density at radius 1 is 0.973 bits per heavy atom. The van der Waals surface area contributed by atoms with Gasteiger partial charge in [0.1, 0.15) is 11.8 Å². The van der Waals surface area contributed by atoms with Gasteiger partial charge in [-0.25, -0.2) is 0 Å². The third kappa shape index (κ3) is 12.6. The molecule has 0 aromatic heterocycles. The number of aryl methyl sites for hydroxylation is 1. The summed E-state index contributed by atoms with van der Waals surface area (Å²) in [7, 11) is 0. The number of hydrogen-bond donors (Lipinski definition) is 5. The SMILES string of the molecule is CC(C)CCNC(=O)CCCc1ccccc1NC(=O)[C@H](C)NC(=O)[C@@H](N)Cc1ccc(O)cc1.Cl.O. The van der Waals surface area contributed by atoms with E-state index in [0.717, 1.165) is 17.5 Å². The summed E-state index contributed by atoms with van der Waals surface area (Å²) in [4.78, 5) is 37.2. The van der Waals surface area contributed by atoms with Crippen LogP contribution in [0, 0.1) is 5.92 Å². The van der Waals surface area contributed by atoms with Crippen LogP contribution in [0.5, 0.6) is 5.75 Å². The van der Waals surface area contributed by atoms with Gasteiger partial charge in [0.25, 0.3) is 0 Å². The minimum absolute atomic E-state index is 0. The van der Waals surface area contributed by atoms with Gasteiger partial charge in [0.2, 0.25) is 17.7 Å². The fraction of sp³-hybridized carbons (Fsp3) is 0.444. The first kappa shape index (κ1) is 33.9. The Morgan fingerprint density at radius 3 is 2.27 bits per heavy atom. The van der Waals surface area contributed by atoms with E-state index in [1.807, 2.05) is 18.2 Å². The van der Waals surface area contributed by atoms with Gasteiger partial charge in [0.05, 0.1) is 6.04 Å². The molecule has 37 heavy (non-hydrogen) atoms. The van der Waals surface area contributed by atoms with Crippen LogP contribution in [0.1, 0.15) is 51.2 Å². The summed E-state index contributed by atoms with van der Waals surface area (Å²) in [5.41, 5.74) is 8.40. The number of para-hydroxylation sites is 1. The summed E-state index contributed by atoms with van der Waals surface area (Å²) >= 11 is 0. The molecule has 0 saturated carbocycles. The smallest absolute Gasteiger partial charge is 0.246 e. The zero-order valence-corrected chi connectivity index (χ0v) is 22.6. The van der Waals surface area contributed by atoms with Gasteiger partial charge in [-0.05, 0) is 67.9 Å². The molecule has 0 saturated heterocycles. The molecule has 0 spiro atoms. The quantitative estimate of drug-likeness (QED) is 0.265. The Labute approximate surface area is 225 Å². The number of phenols is 1.